The highest BCUT2D eigenvalue weighted by molar-refractivity contribution is 5.37. The Kier molecular flexibility index (Phi) is 13.1. The first kappa shape index (κ1) is 24.6. The highest BCUT2D eigenvalue weighted by atomic mass is 16.1. The van der Waals surface area contributed by atoms with Gasteiger partial charge >= 0.3 is 0 Å². The van der Waals surface area contributed by atoms with Gasteiger partial charge in [0.2, 0.25) is 24.3 Å². The van der Waals surface area contributed by atoms with Crippen molar-refractivity contribution in [3.8, 4) is 0 Å². The standard InChI is InChI=1S/C12H18N2O2.C9H12N2O2/c15-10-13-8-4-7-12(9-14-11-16)5-2-1-3-6-12;12-6-10-9(11-7-13)8-4-2-1-3-5-8/h1-9H2;8-9H,1-5H2. The molecule has 158 valence electrons. The van der Waals surface area contributed by atoms with Gasteiger partial charge in [-0.3, -0.25) is 0 Å². The molecule has 0 heterocycles. The SMILES string of the molecule is O=C=NC(N=C=O)C1CCCCC1.O=C=NCCCC1(CN=C=O)CCCCC1. The molecule has 2 aliphatic carbocycles. The van der Waals surface area contributed by atoms with E-state index in [0.717, 1.165) is 51.4 Å². The minimum Gasteiger partial charge on any atom is -0.211 e. The van der Waals surface area contributed by atoms with Gasteiger partial charge in [0.25, 0.3) is 0 Å². The van der Waals surface area contributed by atoms with Gasteiger partial charge in [-0.15, -0.1) is 0 Å². The number of aliphatic imine (C=N–C) groups is 4. The summed E-state index contributed by atoms with van der Waals surface area (Å²) < 4.78 is 0. The topological polar surface area (TPSA) is 118 Å². The lowest BCUT2D eigenvalue weighted by atomic mass is 9.71. The molecule has 0 bridgehead atoms. The van der Waals surface area contributed by atoms with Crippen LogP contribution in [0, 0.1) is 11.3 Å². The zero-order valence-electron chi connectivity index (χ0n) is 17.0. The first-order chi connectivity index (χ1) is 14.2. The van der Waals surface area contributed by atoms with Crippen molar-refractivity contribution in [3.05, 3.63) is 0 Å². The summed E-state index contributed by atoms with van der Waals surface area (Å²) >= 11 is 0. The van der Waals surface area contributed by atoms with Crippen molar-refractivity contribution in [3.63, 3.8) is 0 Å². The number of isocyanates is 4. The van der Waals surface area contributed by atoms with E-state index in [1.54, 1.807) is 12.2 Å². The third-order valence-corrected chi connectivity index (χ3v) is 5.88. The van der Waals surface area contributed by atoms with Crippen molar-refractivity contribution < 1.29 is 19.2 Å². The molecular formula is C21H30N4O4. The molecule has 0 amide bonds. The minimum atomic E-state index is -0.532. The fraction of sp³-hybridized carbons (Fsp3) is 0.810. The van der Waals surface area contributed by atoms with Gasteiger partial charge in [-0.2, -0.15) is 9.98 Å². The Balaban J connectivity index is 0.000000296. The van der Waals surface area contributed by atoms with E-state index in [9.17, 15) is 19.2 Å². The molecule has 2 fully saturated rings. The van der Waals surface area contributed by atoms with Gasteiger partial charge in [0.05, 0.1) is 13.1 Å². The highest BCUT2D eigenvalue weighted by Crippen LogP contribution is 2.40. The number of rotatable bonds is 9. The first-order valence-electron chi connectivity index (χ1n) is 10.4. The van der Waals surface area contributed by atoms with Crippen molar-refractivity contribution in [1.82, 2.24) is 0 Å². The summed E-state index contributed by atoms with van der Waals surface area (Å²) in [5, 5.41) is 0. The van der Waals surface area contributed by atoms with E-state index in [-0.39, 0.29) is 11.3 Å². The van der Waals surface area contributed by atoms with E-state index >= 15 is 0 Å². The van der Waals surface area contributed by atoms with Gasteiger partial charge in [0, 0.05) is 5.92 Å². The monoisotopic (exact) mass is 402 g/mol. The molecule has 8 nitrogen and oxygen atoms in total. The summed E-state index contributed by atoms with van der Waals surface area (Å²) in [5.41, 5.74) is 0.161. The Hall–Kier alpha value is -2.48. The summed E-state index contributed by atoms with van der Waals surface area (Å²) in [7, 11) is 0. The molecule has 0 aliphatic heterocycles. The molecule has 29 heavy (non-hydrogen) atoms. The van der Waals surface area contributed by atoms with E-state index in [1.165, 1.54) is 37.8 Å². The normalized spacial score (nSPS) is 18.9. The van der Waals surface area contributed by atoms with E-state index < -0.39 is 6.17 Å². The van der Waals surface area contributed by atoms with Crippen LogP contribution in [0.15, 0.2) is 20.0 Å². The molecular weight excluding hydrogens is 372 g/mol. The second kappa shape index (κ2) is 15.4. The van der Waals surface area contributed by atoms with Gasteiger partial charge in [-0.05, 0) is 43.9 Å². The van der Waals surface area contributed by atoms with E-state index in [2.05, 4.69) is 20.0 Å². The van der Waals surface area contributed by atoms with Crippen LogP contribution in [0.25, 0.3) is 0 Å². The number of nitrogens with zero attached hydrogens (tertiary/aromatic N) is 4. The van der Waals surface area contributed by atoms with Gasteiger partial charge in [-0.1, -0.05) is 38.5 Å². The first-order valence-corrected chi connectivity index (χ1v) is 10.4. The van der Waals surface area contributed by atoms with Crippen LogP contribution >= 0.6 is 0 Å². The zero-order chi connectivity index (χ0) is 21.2. The number of carbonyl (C=O) groups excluding carboxylic acids is 4. The van der Waals surface area contributed by atoms with Crippen LogP contribution in [0.5, 0.6) is 0 Å². The molecule has 0 aromatic carbocycles. The maximum Gasteiger partial charge on any atom is 0.237 e. The molecule has 0 aromatic heterocycles. The lowest BCUT2D eigenvalue weighted by Gasteiger charge is -2.35. The van der Waals surface area contributed by atoms with Crippen LogP contribution in [0.1, 0.15) is 77.0 Å². The van der Waals surface area contributed by atoms with Crippen molar-refractivity contribution in [2.24, 2.45) is 31.3 Å². The van der Waals surface area contributed by atoms with Crippen LogP contribution in [0.4, 0.5) is 0 Å². The summed E-state index contributed by atoms with van der Waals surface area (Å²) in [6, 6.07) is 0. The van der Waals surface area contributed by atoms with Crippen molar-refractivity contribution in [2.45, 2.75) is 83.2 Å². The van der Waals surface area contributed by atoms with Gasteiger partial charge in [-0.25, -0.2) is 29.2 Å². The summed E-state index contributed by atoms with van der Waals surface area (Å²) in [5.74, 6) is 0.233. The molecule has 2 saturated carbocycles. The van der Waals surface area contributed by atoms with Crippen molar-refractivity contribution >= 4 is 24.3 Å². The Bertz CT molecular complexity index is 640. The maximum atomic E-state index is 10.2. The predicted octanol–water partition coefficient (Wildman–Crippen LogP) is 3.95. The molecule has 0 aromatic rings. The maximum absolute atomic E-state index is 10.2. The fourth-order valence-corrected chi connectivity index (χ4v) is 4.35. The Morgan fingerprint density at radius 1 is 0.759 bits per heavy atom. The van der Waals surface area contributed by atoms with Crippen molar-refractivity contribution in [2.75, 3.05) is 13.1 Å². The third kappa shape index (κ3) is 10.0. The van der Waals surface area contributed by atoms with Crippen LogP contribution in [-0.4, -0.2) is 43.6 Å². The summed E-state index contributed by atoms with van der Waals surface area (Å²) in [6.45, 7) is 1.12. The summed E-state index contributed by atoms with van der Waals surface area (Å²) in [6.07, 6.45) is 18.8. The smallest absolute Gasteiger partial charge is 0.211 e. The molecule has 0 spiro atoms. The largest absolute Gasteiger partial charge is 0.237 e. The van der Waals surface area contributed by atoms with Crippen molar-refractivity contribution in [1.29, 1.82) is 0 Å². The van der Waals surface area contributed by atoms with Crippen LogP contribution < -0.4 is 0 Å². The molecule has 0 unspecified atom stereocenters. The Labute approximate surface area is 171 Å². The molecule has 2 aliphatic rings. The molecule has 2 rings (SSSR count). The highest BCUT2D eigenvalue weighted by Gasteiger charge is 2.31. The average molecular weight is 402 g/mol. The zero-order valence-corrected chi connectivity index (χ0v) is 17.0. The number of hydrogen-bond acceptors (Lipinski definition) is 8. The minimum absolute atomic E-state index is 0.161. The van der Waals surface area contributed by atoms with Crippen LogP contribution in [0.2, 0.25) is 0 Å². The lowest BCUT2D eigenvalue weighted by molar-refractivity contribution is 0.180. The second-order valence-corrected chi connectivity index (χ2v) is 7.80. The summed E-state index contributed by atoms with van der Waals surface area (Å²) in [4.78, 5) is 54.6. The van der Waals surface area contributed by atoms with Crippen LogP contribution in [-0.2, 0) is 19.2 Å². The molecule has 0 saturated heterocycles. The number of hydrogen-bond donors (Lipinski definition) is 0. The Morgan fingerprint density at radius 2 is 1.34 bits per heavy atom. The molecule has 0 N–H and O–H groups in total. The lowest BCUT2D eigenvalue weighted by Crippen LogP contribution is -2.27. The van der Waals surface area contributed by atoms with Gasteiger partial charge in [0.15, 0.2) is 6.17 Å². The van der Waals surface area contributed by atoms with Gasteiger partial charge < -0.3 is 0 Å². The molecule has 0 radical (unpaired) electrons. The Morgan fingerprint density at radius 3 is 1.90 bits per heavy atom. The van der Waals surface area contributed by atoms with E-state index in [1.807, 2.05) is 0 Å². The molecule has 0 atom stereocenters. The van der Waals surface area contributed by atoms with Gasteiger partial charge in [0.1, 0.15) is 0 Å². The predicted molar refractivity (Wildman–Crippen MR) is 107 cm³/mol. The van der Waals surface area contributed by atoms with E-state index in [0.29, 0.717) is 13.1 Å². The average Bonchev–Trinajstić information content (AvgIpc) is 2.77. The molecule has 8 heteroatoms. The quantitative estimate of drug-likeness (QED) is 0.329. The van der Waals surface area contributed by atoms with Crippen LogP contribution in [0.3, 0.4) is 0 Å². The second-order valence-electron chi connectivity index (χ2n) is 7.80. The fourth-order valence-electron chi connectivity index (χ4n) is 4.35. The third-order valence-electron chi connectivity index (χ3n) is 5.88. The van der Waals surface area contributed by atoms with E-state index in [4.69, 9.17) is 0 Å².